The maximum atomic E-state index is 6.83. The van der Waals surface area contributed by atoms with Gasteiger partial charge in [0.05, 0.1) is 5.88 Å². The van der Waals surface area contributed by atoms with Gasteiger partial charge >= 0.3 is 0 Å². The molecule has 0 aliphatic carbocycles. The van der Waals surface area contributed by atoms with Gasteiger partial charge in [0.25, 0.3) is 8.32 Å². The van der Waals surface area contributed by atoms with E-state index >= 15 is 0 Å². The van der Waals surface area contributed by atoms with Crippen LogP contribution in [0, 0.1) is 0 Å². The van der Waals surface area contributed by atoms with Gasteiger partial charge in [0, 0.05) is 13.7 Å². The van der Waals surface area contributed by atoms with E-state index in [4.69, 9.17) is 25.5 Å². The molecule has 0 bridgehead atoms. The largest absolute Gasteiger partial charge is 0.471 e. The van der Waals surface area contributed by atoms with E-state index in [0.29, 0.717) is 12.5 Å². The minimum Gasteiger partial charge on any atom is -0.471 e. The van der Waals surface area contributed by atoms with Gasteiger partial charge in [0.1, 0.15) is 5.76 Å². The predicted octanol–water partition coefficient (Wildman–Crippen LogP) is 4.70. The van der Waals surface area contributed by atoms with Gasteiger partial charge in [-0.05, 0) is 27.9 Å². The summed E-state index contributed by atoms with van der Waals surface area (Å²) < 4.78 is 17.3. The fraction of sp³-hybridized carbons (Fsp3) is 0.391. The first kappa shape index (κ1) is 22.7. The Bertz CT molecular complexity index is 687. The van der Waals surface area contributed by atoms with Gasteiger partial charge in [0.2, 0.25) is 0 Å². The number of benzene rings is 2. The van der Waals surface area contributed by atoms with Crippen LogP contribution in [0.4, 0.5) is 0 Å². The fourth-order valence-electron chi connectivity index (χ4n) is 3.48. The molecule has 0 radical (unpaired) electrons. The standard InChI is InChI=1S/C23H31ClO3Si/c1-23(2,3)28(21-13-7-5-8-14-21,22-15-9-6-10-16-22)27-17-11-12-20(18-24)26-19-25-4/h5-10,12-16H,11,17-19H2,1-4H3/b20-12+. The summed E-state index contributed by atoms with van der Waals surface area (Å²) >= 11 is 5.96. The van der Waals surface area contributed by atoms with Gasteiger partial charge in [-0.1, -0.05) is 81.4 Å². The molecular formula is C23H31ClO3Si. The molecule has 5 heteroatoms. The van der Waals surface area contributed by atoms with Crippen LogP contribution in [0.25, 0.3) is 0 Å². The smallest absolute Gasteiger partial charge is 0.261 e. The summed E-state index contributed by atoms with van der Waals surface area (Å²) in [5, 5.41) is 2.54. The summed E-state index contributed by atoms with van der Waals surface area (Å²) in [6.45, 7) is 7.64. The normalized spacial score (nSPS) is 12.8. The van der Waals surface area contributed by atoms with E-state index in [-0.39, 0.29) is 11.8 Å². The van der Waals surface area contributed by atoms with Crippen LogP contribution in [0.5, 0.6) is 0 Å². The molecule has 2 rings (SSSR count). The Morgan fingerprint density at radius 2 is 1.50 bits per heavy atom. The van der Waals surface area contributed by atoms with Crippen LogP contribution in [0.1, 0.15) is 27.2 Å². The number of ether oxygens (including phenoxy) is 2. The molecule has 0 saturated carbocycles. The molecule has 0 heterocycles. The number of alkyl halides is 1. The van der Waals surface area contributed by atoms with Gasteiger partial charge in [-0.25, -0.2) is 0 Å². The van der Waals surface area contributed by atoms with Crippen molar-refractivity contribution in [2.45, 2.75) is 32.2 Å². The topological polar surface area (TPSA) is 27.7 Å². The molecule has 2 aromatic carbocycles. The summed E-state index contributed by atoms with van der Waals surface area (Å²) in [6, 6.07) is 21.3. The molecule has 0 spiro atoms. The van der Waals surface area contributed by atoms with Crippen LogP contribution in [0.15, 0.2) is 72.5 Å². The number of hydrogen-bond acceptors (Lipinski definition) is 3. The van der Waals surface area contributed by atoms with E-state index in [0.717, 1.165) is 12.2 Å². The van der Waals surface area contributed by atoms with Crippen molar-refractivity contribution in [1.29, 1.82) is 0 Å². The highest BCUT2D eigenvalue weighted by atomic mass is 35.5. The second-order valence-electron chi connectivity index (χ2n) is 7.66. The van der Waals surface area contributed by atoms with E-state index in [1.165, 1.54) is 10.4 Å². The lowest BCUT2D eigenvalue weighted by Gasteiger charge is -2.43. The van der Waals surface area contributed by atoms with Crippen molar-refractivity contribution in [2.24, 2.45) is 0 Å². The SMILES string of the molecule is COCO/C(=C/CCO[Si](c1ccccc1)(c1ccccc1)C(C)(C)C)CCl. The Hall–Kier alpha value is -1.59. The Labute approximate surface area is 175 Å². The minimum absolute atomic E-state index is 0.0265. The Morgan fingerprint density at radius 1 is 0.964 bits per heavy atom. The number of allylic oxidation sites excluding steroid dienone is 1. The third-order valence-electron chi connectivity index (χ3n) is 4.72. The second-order valence-corrected chi connectivity index (χ2v) is 12.2. The number of methoxy groups -OCH3 is 1. The maximum Gasteiger partial charge on any atom is 0.261 e. The average molecular weight is 419 g/mol. The van der Waals surface area contributed by atoms with Crippen molar-refractivity contribution >= 4 is 30.3 Å². The van der Waals surface area contributed by atoms with Crippen LogP contribution in [0.3, 0.4) is 0 Å². The molecule has 0 saturated heterocycles. The van der Waals surface area contributed by atoms with E-state index < -0.39 is 8.32 Å². The first-order valence-electron chi connectivity index (χ1n) is 9.57. The Kier molecular flexibility index (Phi) is 8.77. The highest BCUT2D eigenvalue weighted by molar-refractivity contribution is 6.99. The van der Waals surface area contributed by atoms with Crippen LogP contribution >= 0.6 is 11.6 Å². The lowest BCUT2D eigenvalue weighted by Crippen LogP contribution is -2.66. The number of halogens is 1. The molecule has 0 aliphatic heterocycles. The van der Waals surface area contributed by atoms with E-state index in [9.17, 15) is 0 Å². The van der Waals surface area contributed by atoms with Crippen LogP contribution in [0.2, 0.25) is 5.04 Å². The molecule has 0 fully saturated rings. The van der Waals surface area contributed by atoms with Gasteiger partial charge in [0.15, 0.2) is 6.79 Å². The molecule has 0 amide bonds. The van der Waals surface area contributed by atoms with Crippen molar-refractivity contribution in [3.8, 4) is 0 Å². The van der Waals surface area contributed by atoms with Gasteiger partial charge in [-0.15, -0.1) is 11.6 Å². The zero-order chi connectivity index (χ0) is 20.5. The van der Waals surface area contributed by atoms with Crippen molar-refractivity contribution in [3.63, 3.8) is 0 Å². The van der Waals surface area contributed by atoms with Crippen LogP contribution in [-0.4, -0.2) is 34.7 Å². The first-order valence-corrected chi connectivity index (χ1v) is 12.0. The highest BCUT2D eigenvalue weighted by Gasteiger charge is 2.49. The average Bonchev–Trinajstić information content (AvgIpc) is 2.70. The molecule has 3 nitrogen and oxygen atoms in total. The number of rotatable bonds is 10. The van der Waals surface area contributed by atoms with Crippen LogP contribution in [-0.2, 0) is 13.9 Å². The third kappa shape index (κ3) is 5.48. The molecule has 0 atom stereocenters. The molecule has 2 aromatic rings. The van der Waals surface area contributed by atoms with Crippen molar-refractivity contribution in [3.05, 3.63) is 72.5 Å². The van der Waals surface area contributed by atoms with Gasteiger partial charge < -0.3 is 13.9 Å². The Balaban J connectivity index is 2.33. The fourth-order valence-corrected chi connectivity index (χ4v) is 8.25. The lowest BCUT2D eigenvalue weighted by atomic mass is 10.2. The van der Waals surface area contributed by atoms with Gasteiger partial charge in [-0.3, -0.25) is 0 Å². The lowest BCUT2D eigenvalue weighted by molar-refractivity contribution is 0.00623. The third-order valence-corrected chi connectivity index (χ3v) is 10.0. The molecule has 152 valence electrons. The molecule has 0 aliphatic rings. The summed E-state index contributed by atoms with van der Waals surface area (Å²) in [7, 11) is -0.889. The number of hydrogen-bond donors (Lipinski definition) is 0. The van der Waals surface area contributed by atoms with Crippen molar-refractivity contribution < 1.29 is 13.9 Å². The maximum absolute atomic E-state index is 6.83. The predicted molar refractivity (Wildman–Crippen MR) is 120 cm³/mol. The summed E-state index contributed by atoms with van der Waals surface area (Å²) in [5.41, 5.74) is 0. The Morgan fingerprint density at radius 3 is 1.93 bits per heavy atom. The van der Waals surface area contributed by atoms with Crippen LogP contribution < -0.4 is 10.4 Å². The molecule has 0 N–H and O–H groups in total. The quantitative estimate of drug-likeness (QED) is 0.184. The zero-order valence-electron chi connectivity index (χ0n) is 17.3. The van der Waals surface area contributed by atoms with E-state index in [1.54, 1.807) is 7.11 Å². The van der Waals surface area contributed by atoms with E-state index in [2.05, 4.69) is 81.4 Å². The van der Waals surface area contributed by atoms with Gasteiger partial charge in [-0.2, -0.15) is 0 Å². The second kappa shape index (κ2) is 10.8. The summed E-state index contributed by atoms with van der Waals surface area (Å²) in [4.78, 5) is 0. The molecular weight excluding hydrogens is 388 g/mol. The van der Waals surface area contributed by atoms with Crippen molar-refractivity contribution in [2.75, 3.05) is 26.4 Å². The monoisotopic (exact) mass is 418 g/mol. The molecule has 0 aromatic heterocycles. The zero-order valence-corrected chi connectivity index (χ0v) is 19.0. The summed E-state index contributed by atoms with van der Waals surface area (Å²) in [5.74, 6) is 1.04. The first-order chi connectivity index (χ1) is 13.5. The molecule has 28 heavy (non-hydrogen) atoms. The highest BCUT2D eigenvalue weighted by Crippen LogP contribution is 2.36. The summed E-state index contributed by atoms with van der Waals surface area (Å²) in [6.07, 6.45) is 2.72. The van der Waals surface area contributed by atoms with Crippen molar-refractivity contribution in [1.82, 2.24) is 0 Å². The van der Waals surface area contributed by atoms with E-state index in [1.807, 2.05) is 6.08 Å². The minimum atomic E-state index is -2.48. The molecule has 0 unspecified atom stereocenters.